The molecule has 8 heteroatoms. The smallest absolute Gasteiger partial charge is 0.307 e. The highest BCUT2D eigenvalue weighted by Gasteiger charge is 2.33. The summed E-state index contributed by atoms with van der Waals surface area (Å²) in [7, 11) is 0. The third-order valence-electron chi connectivity index (χ3n) is 5.65. The Bertz CT molecular complexity index is 1000. The molecule has 2 atom stereocenters. The van der Waals surface area contributed by atoms with E-state index in [1.165, 1.54) is 11.1 Å². The number of aliphatic carboxylic acids is 1. The molecule has 3 heterocycles. The predicted molar refractivity (Wildman–Crippen MR) is 111 cm³/mol. The van der Waals surface area contributed by atoms with Crippen LogP contribution in [0.1, 0.15) is 48.8 Å². The van der Waals surface area contributed by atoms with E-state index in [0.29, 0.717) is 18.7 Å². The fraction of sp³-hybridized carbons (Fsp3) is 0.409. The Balaban J connectivity index is 1.57. The third kappa shape index (κ3) is 4.38. The van der Waals surface area contributed by atoms with E-state index in [1.807, 2.05) is 32.2 Å². The fourth-order valence-corrected chi connectivity index (χ4v) is 4.10. The molecule has 4 rings (SSSR count). The van der Waals surface area contributed by atoms with Gasteiger partial charge in [0.15, 0.2) is 5.82 Å². The van der Waals surface area contributed by atoms with Crippen molar-refractivity contribution in [3.63, 3.8) is 0 Å². The van der Waals surface area contributed by atoms with E-state index in [9.17, 15) is 9.90 Å². The molecular formula is C22H26N6O2. The molecular weight excluding hydrogens is 380 g/mol. The van der Waals surface area contributed by atoms with Crippen molar-refractivity contribution in [2.24, 2.45) is 11.8 Å². The van der Waals surface area contributed by atoms with Gasteiger partial charge in [0.1, 0.15) is 0 Å². The van der Waals surface area contributed by atoms with Crippen LogP contribution in [-0.2, 0) is 24.3 Å². The van der Waals surface area contributed by atoms with Crippen LogP contribution in [0.15, 0.2) is 36.5 Å². The van der Waals surface area contributed by atoms with E-state index >= 15 is 0 Å². The molecule has 0 saturated heterocycles. The molecule has 3 aromatic rings. The maximum absolute atomic E-state index is 12.0. The molecule has 1 aliphatic rings. The Labute approximate surface area is 175 Å². The molecule has 156 valence electrons. The van der Waals surface area contributed by atoms with Crippen LogP contribution in [0.4, 0.5) is 0 Å². The first kappa shape index (κ1) is 20.2. The van der Waals surface area contributed by atoms with Crippen molar-refractivity contribution in [1.82, 2.24) is 30.9 Å². The Morgan fingerprint density at radius 3 is 2.60 bits per heavy atom. The lowest BCUT2D eigenvalue weighted by atomic mass is 9.82. The summed E-state index contributed by atoms with van der Waals surface area (Å²) >= 11 is 0. The molecule has 1 unspecified atom stereocenters. The highest BCUT2D eigenvalue weighted by atomic mass is 16.4. The zero-order valence-corrected chi connectivity index (χ0v) is 17.2. The minimum Gasteiger partial charge on any atom is -0.481 e. The summed E-state index contributed by atoms with van der Waals surface area (Å²) in [5.41, 5.74) is 5.66. The van der Waals surface area contributed by atoms with E-state index in [1.54, 1.807) is 0 Å². The number of fused-ring (bicyclic) bond motifs is 1. The van der Waals surface area contributed by atoms with Crippen LogP contribution in [0.5, 0.6) is 0 Å². The van der Waals surface area contributed by atoms with Crippen molar-refractivity contribution < 1.29 is 9.90 Å². The van der Waals surface area contributed by atoms with E-state index < -0.39 is 17.8 Å². The lowest BCUT2D eigenvalue weighted by molar-refractivity contribution is -0.143. The maximum atomic E-state index is 12.0. The summed E-state index contributed by atoms with van der Waals surface area (Å²) < 4.78 is 0. The third-order valence-corrected chi connectivity index (χ3v) is 5.65. The van der Waals surface area contributed by atoms with Crippen LogP contribution >= 0.6 is 0 Å². The highest BCUT2D eigenvalue weighted by Crippen LogP contribution is 2.31. The second-order valence-corrected chi connectivity index (χ2v) is 8.28. The van der Waals surface area contributed by atoms with Gasteiger partial charge in [-0.3, -0.25) is 9.78 Å². The number of pyridine rings is 1. The van der Waals surface area contributed by atoms with Gasteiger partial charge >= 0.3 is 5.97 Å². The van der Waals surface area contributed by atoms with Gasteiger partial charge in [0.05, 0.1) is 5.92 Å². The zero-order valence-electron chi connectivity index (χ0n) is 17.2. The minimum absolute atomic E-state index is 0.241. The lowest BCUT2D eigenvalue weighted by Gasteiger charge is -2.22. The van der Waals surface area contributed by atoms with Crippen molar-refractivity contribution >= 4 is 5.97 Å². The molecule has 0 bridgehead atoms. The molecule has 0 fully saturated rings. The number of carboxylic acids is 1. The van der Waals surface area contributed by atoms with Gasteiger partial charge in [-0.15, -0.1) is 10.2 Å². The van der Waals surface area contributed by atoms with E-state index in [2.05, 4.69) is 49.1 Å². The van der Waals surface area contributed by atoms with Gasteiger partial charge in [0, 0.05) is 42.9 Å². The van der Waals surface area contributed by atoms with Gasteiger partial charge in [-0.25, -0.2) is 0 Å². The summed E-state index contributed by atoms with van der Waals surface area (Å²) in [5.74, 6) is -1.19. The molecule has 3 N–H and O–H groups in total. The van der Waals surface area contributed by atoms with E-state index in [0.717, 1.165) is 29.9 Å². The van der Waals surface area contributed by atoms with Crippen molar-refractivity contribution in [3.05, 3.63) is 59.2 Å². The summed E-state index contributed by atoms with van der Waals surface area (Å²) in [6, 6.07) is 10.5. The molecule has 0 aliphatic carbocycles. The number of benzene rings is 1. The molecule has 0 amide bonds. The maximum Gasteiger partial charge on any atom is 0.307 e. The summed E-state index contributed by atoms with van der Waals surface area (Å²) in [6.07, 6.45) is 2.83. The number of tetrazole rings is 1. The second kappa shape index (κ2) is 8.71. The normalized spacial score (nSPS) is 15.2. The summed E-state index contributed by atoms with van der Waals surface area (Å²) in [5, 5.41) is 27.4. The fourth-order valence-electron chi connectivity index (χ4n) is 4.10. The first-order valence-electron chi connectivity index (χ1n) is 10.2. The minimum atomic E-state index is -0.845. The Morgan fingerprint density at radius 1 is 1.13 bits per heavy atom. The van der Waals surface area contributed by atoms with Crippen molar-refractivity contribution in [1.29, 1.82) is 0 Å². The largest absolute Gasteiger partial charge is 0.481 e. The number of rotatable bonds is 8. The number of nitrogens with one attached hydrogen (secondary N) is 2. The van der Waals surface area contributed by atoms with Gasteiger partial charge in [-0.1, -0.05) is 37.3 Å². The van der Waals surface area contributed by atoms with Crippen LogP contribution in [-0.4, -0.2) is 36.7 Å². The van der Waals surface area contributed by atoms with Crippen LogP contribution in [0.2, 0.25) is 0 Å². The van der Waals surface area contributed by atoms with Gasteiger partial charge in [0.2, 0.25) is 0 Å². The number of aromatic amines is 1. The Hall–Kier alpha value is -3.13. The highest BCUT2D eigenvalue weighted by molar-refractivity contribution is 5.71. The number of hydrogen-bond donors (Lipinski definition) is 3. The van der Waals surface area contributed by atoms with Gasteiger partial charge < -0.3 is 10.4 Å². The van der Waals surface area contributed by atoms with Gasteiger partial charge in [-0.05, 0) is 41.2 Å². The van der Waals surface area contributed by atoms with Crippen LogP contribution in [0.3, 0.4) is 0 Å². The number of carbonyl (C=O) groups is 1. The van der Waals surface area contributed by atoms with Crippen LogP contribution in [0, 0.1) is 11.8 Å². The van der Waals surface area contributed by atoms with E-state index in [4.69, 9.17) is 0 Å². The number of nitrogens with zero attached hydrogens (tertiary/aromatic N) is 4. The quantitative estimate of drug-likeness (QED) is 0.526. The first-order valence-corrected chi connectivity index (χ1v) is 10.2. The number of H-pyrrole nitrogens is 1. The zero-order chi connectivity index (χ0) is 21.1. The molecule has 1 aromatic carbocycles. The standard InChI is InChI=1S/C22H26N6O2/c1-13(2)7-20(22(29)30)19(21-25-27-28-26-21)9-18-6-5-16(12-24-18)14-3-4-15-10-23-11-17(15)8-14/h3-6,8,12-13,19-20,23H,7,9-11H2,1-2H3,(H,29,30)(H,25,26,27,28)/t19-,20?/m0/s1. The average molecular weight is 406 g/mol. The number of carboxylic acid groups (broad SMARTS) is 1. The Kier molecular flexibility index (Phi) is 5.85. The Morgan fingerprint density at radius 2 is 1.93 bits per heavy atom. The molecule has 1 aliphatic heterocycles. The molecule has 0 saturated carbocycles. The molecule has 30 heavy (non-hydrogen) atoms. The van der Waals surface area contributed by atoms with Gasteiger partial charge in [-0.2, -0.15) is 5.21 Å². The SMILES string of the molecule is CC(C)CC(C(=O)O)[C@H](Cc1ccc(-c2ccc3c(c2)CNC3)cn1)c1nn[nH]n1. The number of hydrogen-bond acceptors (Lipinski definition) is 6. The average Bonchev–Trinajstić information content (AvgIpc) is 3.42. The van der Waals surface area contributed by atoms with E-state index in [-0.39, 0.29) is 5.92 Å². The molecule has 0 spiro atoms. The van der Waals surface area contributed by atoms with Crippen molar-refractivity contribution in [2.75, 3.05) is 0 Å². The van der Waals surface area contributed by atoms with Gasteiger partial charge in [0.25, 0.3) is 0 Å². The molecule has 8 nitrogen and oxygen atoms in total. The lowest BCUT2D eigenvalue weighted by Crippen LogP contribution is -2.26. The predicted octanol–water partition coefficient (Wildman–Crippen LogP) is 2.94. The van der Waals surface area contributed by atoms with Crippen molar-refractivity contribution in [3.8, 4) is 11.1 Å². The topological polar surface area (TPSA) is 117 Å². The monoisotopic (exact) mass is 406 g/mol. The summed E-state index contributed by atoms with van der Waals surface area (Å²) in [6.45, 7) is 5.85. The first-order chi connectivity index (χ1) is 14.5. The number of aromatic nitrogens is 5. The second-order valence-electron chi connectivity index (χ2n) is 8.28. The van der Waals surface area contributed by atoms with Crippen LogP contribution < -0.4 is 5.32 Å². The van der Waals surface area contributed by atoms with Crippen LogP contribution in [0.25, 0.3) is 11.1 Å². The molecule has 2 aromatic heterocycles. The molecule has 0 radical (unpaired) electrons. The van der Waals surface area contributed by atoms with Crippen molar-refractivity contribution in [2.45, 2.75) is 45.7 Å². The summed E-state index contributed by atoms with van der Waals surface area (Å²) in [4.78, 5) is 16.6.